The Balaban J connectivity index is 1.64. The zero-order chi connectivity index (χ0) is 16.9. The number of hydrogen-bond acceptors (Lipinski definition) is 4. The zero-order valence-electron chi connectivity index (χ0n) is 13.1. The fraction of sp³-hybridized carbons (Fsp3) is 0.333. The minimum absolute atomic E-state index is 0.0149. The van der Waals surface area contributed by atoms with E-state index in [0.29, 0.717) is 29.6 Å². The number of nitrogens with one attached hydrogen (secondary N) is 1. The highest BCUT2D eigenvalue weighted by Gasteiger charge is 2.17. The standard InChI is InChI=1S/C18H18Cl2N2O2/c19-16-9-14(17-11-21-5-6-24-17)3-2-13(16)8-15(23)7-12-1-4-18(20)22-10-12/h1-4,9-10,17,21H,5-8,11H2/t17-/m0/s1. The molecule has 3 rings (SSSR count). The zero-order valence-corrected chi connectivity index (χ0v) is 14.6. The van der Waals surface area contributed by atoms with Gasteiger partial charge in [-0.15, -0.1) is 0 Å². The summed E-state index contributed by atoms with van der Waals surface area (Å²) in [5.41, 5.74) is 2.71. The van der Waals surface area contributed by atoms with Gasteiger partial charge >= 0.3 is 0 Å². The van der Waals surface area contributed by atoms with E-state index in [1.54, 1.807) is 12.3 Å². The minimum atomic E-state index is 0.0149. The van der Waals surface area contributed by atoms with Crippen LogP contribution in [0.25, 0.3) is 0 Å². The molecule has 1 aromatic heterocycles. The highest BCUT2D eigenvalue weighted by atomic mass is 35.5. The van der Waals surface area contributed by atoms with Crippen LogP contribution in [0, 0.1) is 0 Å². The van der Waals surface area contributed by atoms with Crippen LogP contribution < -0.4 is 5.32 Å². The van der Waals surface area contributed by atoms with Crippen molar-refractivity contribution in [3.8, 4) is 0 Å². The van der Waals surface area contributed by atoms with E-state index in [2.05, 4.69) is 10.3 Å². The average molecular weight is 365 g/mol. The summed E-state index contributed by atoms with van der Waals surface area (Å²) in [4.78, 5) is 16.2. The van der Waals surface area contributed by atoms with E-state index < -0.39 is 0 Å². The minimum Gasteiger partial charge on any atom is -0.371 e. The van der Waals surface area contributed by atoms with Gasteiger partial charge in [0.15, 0.2) is 0 Å². The predicted octanol–water partition coefficient (Wildman–Crippen LogP) is 3.40. The maximum Gasteiger partial charge on any atom is 0.141 e. The van der Waals surface area contributed by atoms with Crippen LogP contribution in [-0.4, -0.2) is 30.5 Å². The van der Waals surface area contributed by atoms with Gasteiger partial charge in [0.1, 0.15) is 10.9 Å². The number of hydrogen-bond donors (Lipinski definition) is 1. The second-order valence-corrected chi connectivity index (χ2v) is 6.59. The molecule has 4 nitrogen and oxygen atoms in total. The number of carbonyl (C=O) groups excluding carboxylic acids is 1. The predicted molar refractivity (Wildman–Crippen MR) is 94.7 cm³/mol. The van der Waals surface area contributed by atoms with Crippen LogP contribution in [-0.2, 0) is 22.4 Å². The van der Waals surface area contributed by atoms with Gasteiger partial charge in [-0.1, -0.05) is 41.4 Å². The normalized spacial score (nSPS) is 17.7. The molecule has 0 unspecified atom stereocenters. The van der Waals surface area contributed by atoms with Crippen LogP contribution in [0.15, 0.2) is 36.5 Å². The second kappa shape index (κ2) is 8.08. The third kappa shape index (κ3) is 4.54. The fourth-order valence-electron chi connectivity index (χ4n) is 2.70. The summed E-state index contributed by atoms with van der Waals surface area (Å²) in [5.74, 6) is 0.0874. The van der Waals surface area contributed by atoms with Gasteiger partial charge in [0.2, 0.25) is 0 Å². The monoisotopic (exact) mass is 364 g/mol. The van der Waals surface area contributed by atoms with Crippen LogP contribution in [0.5, 0.6) is 0 Å². The van der Waals surface area contributed by atoms with E-state index in [9.17, 15) is 4.79 Å². The molecule has 1 saturated heterocycles. The molecule has 2 aromatic rings. The molecular formula is C18H18Cl2N2O2. The number of benzene rings is 1. The molecule has 0 amide bonds. The molecule has 1 aliphatic heterocycles. The molecule has 0 saturated carbocycles. The first kappa shape index (κ1) is 17.4. The summed E-state index contributed by atoms with van der Waals surface area (Å²) >= 11 is 12.1. The number of morpholine rings is 1. The van der Waals surface area contributed by atoms with Crippen LogP contribution in [0.2, 0.25) is 10.2 Å². The van der Waals surface area contributed by atoms with E-state index in [4.69, 9.17) is 27.9 Å². The molecule has 126 valence electrons. The van der Waals surface area contributed by atoms with Crippen molar-refractivity contribution in [2.24, 2.45) is 0 Å². The van der Waals surface area contributed by atoms with Crippen molar-refractivity contribution >= 4 is 29.0 Å². The summed E-state index contributed by atoms with van der Waals surface area (Å²) in [5, 5.41) is 4.32. The third-order valence-electron chi connectivity index (χ3n) is 3.95. The number of Topliss-reactive ketones (excluding diaryl/α,β-unsaturated/α-hetero) is 1. The molecule has 1 fully saturated rings. The lowest BCUT2D eigenvalue weighted by Crippen LogP contribution is -2.33. The number of nitrogens with zero attached hydrogens (tertiary/aromatic N) is 1. The van der Waals surface area contributed by atoms with Crippen molar-refractivity contribution in [2.45, 2.75) is 18.9 Å². The molecule has 0 aliphatic carbocycles. The molecule has 6 heteroatoms. The van der Waals surface area contributed by atoms with Gasteiger partial charge in [0.25, 0.3) is 0 Å². The molecule has 1 N–H and O–H groups in total. The smallest absolute Gasteiger partial charge is 0.141 e. The van der Waals surface area contributed by atoms with Gasteiger partial charge in [0.05, 0.1) is 12.7 Å². The van der Waals surface area contributed by atoms with Gasteiger partial charge in [-0.2, -0.15) is 0 Å². The van der Waals surface area contributed by atoms with Crippen LogP contribution in [0.4, 0.5) is 0 Å². The van der Waals surface area contributed by atoms with E-state index >= 15 is 0 Å². The van der Waals surface area contributed by atoms with Crippen molar-refractivity contribution in [3.05, 3.63) is 63.4 Å². The summed E-state index contributed by atoms with van der Waals surface area (Å²) in [6.07, 6.45) is 2.25. The lowest BCUT2D eigenvalue weighted by Gasteiger charge is -2.24. The lowest BCUT2D eigenvalue weighted by atomic mass is 10.0. The Morgan fingerprint density at radius 3 is 2.79 bits per heavy atom. The topological polar surface area (TPSA) is 51.2 Å². The summed E-state index contributed by atoms with van der Waals surface area (Å²) in [6.45, 7) is 2.34. The highest BCUT2D eigenvalue weighted by Crippen LogP contribution is 2.25. The van der Waals surface area contributed by atoms with Gasteiger partial charge in [0, 0.05) is 37.2 Å². The molecule has 1 atom stereocenters. The van der Waals surface area contributed by atoms with Crippen molar-refractivity contribution in [1.29, 1.82) is 0 Å². The number of halogens is 2. The molecule has 2 heterocycles. The van der Waals surface area contributed by atoms with Gasteiger partial charge in [-0.05, 0) is 28.8 Å². The fourth-order valence-corrected chi connectivity index (χ4v) is 3.07. The van der Waals surface area contributed by atoms with E-state index in [1.165, 1.54) is 0 Å². The van der Waals surface area contributed by atoms with Crippen molar-refractivity contribution in [3.63, 3.8) is 0 Å². The Bertz CT molecular complexity index is 713. The Hall–Kier alpha value is -1.46. The van der Waals surface area contributed by atoms with Crippen LogP contribution >= 0.6 is 23.2 Å². The Labute approximate surface area is 151 Å². The van der Waals surface area contributed by atoms with E-state index in [-0.39, 0.29) is 11.9 Å². The van der Waals surface area contributed by atoms with Crippen LogP contribution in [0.1, 0.15) is 22.8 Å². The number of ketones is 1. The summed E-state index contributed by atoms with van der Waals surface area (Å²) in [7, 11) is 0. The van der Waals surface area contributed by atoms with Gasteiger partial charge in [-0.3, -0.25) is 4.79 Å². The SMILES string of the molecule is O=C(Cc1ccc(Cl)nc1)Cc1ccc([C@@H]2CNCCO2)cc1Cl. The quantitative estimate of drug-likeness (QED) is 0.826. The Morgan fingerprint density at radius 2 is 2.12 bits per heavy atom. The molecule has 24 heavy (non-hydrogen) atoms. The number of carbonyl (C=O) groups is 1. The second-order valence-electron chi connectivity index (χ2n) is 5.80. The third-order valence-corrected chi connectivity index (χ3v) is 4.53. The van der Waals surface area contributed by atoms with Gasteiger partial charge < -0.3 is 10.1 Å². The molecule has 1 aliphatic rings. The maximum atomic E-state index is 12.3. The molecule has 0 spiro atoms. The van der Waals surface area contributed by atoms with E-state index in [0.717, 1.165) is 29.8 Å². The first-order valence-corrected chi connectivity index (χ1v) is 8.60. The number of pyridine rings is 1. The number of aromatic nitrogens is 1. The van der Waals surface area contributed by atoms with Crippen molar-refractivity contribution in [1.82, 2.24) is 10.3 Å². The molecule has 0 bridgehead atoms. The van der Waals surface area contributed by atoms with Crippen molar-refractivity contribution in [2.75, 3.05) is 19.7 Å². The van der Waals surface area contributed by atoms with Crippen LogP contribution in [0.3, 0.4) is 0 Å². The van der Waals surface area contributed by atoms with Gasteiger partial charge in [-0.25, -0.2) is 4.98 Å². The molecule has 1 aromatic carbocycles. The maximum absolute atomic E-state index is 12.3. The largest absolute Gasteiger partial charge is 0.371 e. The van der Waals surface area contributed by atoms with Crippen molar-refractivity contribution < 1.29 is 9.53 Å². The summed E-state index contributed by atoms with van der Waals surface area (Å²) in [6, 6.07) is 9.28. The highest BCUT2D eigenvalue weighted by molar-refractivity contribution is 6.31. The molecular weight excluding hydrogens is 347 g/mol. The number of ether oxygens (including phenoxy) is 1. The first-order valence-electron chi connectivity index (χ1n) is 7.84. The first-order chi connectivity index (χ1) is 11.6. The average Bonchev–Trinajstić information content (AvgIpc) is 2.59. The Kier molecular flexibility index (Phi) is 5.85. The number of rotatable bonds is 5. The lowest BCUT2D eigenvalue weighted by molar-refractivity contribution is -0.117. The Morgan fingerprint density at radius 1 is 1.25 bits per heavy atom. The van der Waals surface area contributed by atoms with E-state index in [1.807, 2.05) is 24.3 Å². The molecule has 0 radical (unpaired) electrons. The summed E-state index contributed by atoms with van der Waals surface area (Å²) < 4.78 is 5.72.